The van der Waals surface area contributed by atoms with Gasteiger partial charge in [-0.3, -0.25) is 4.79 Å². The highest BCUT2D eigenvalue weighted by molar-refractivity contribution is 7.89. The number of rotatable bonds is 7. The Labute approximate surface area is 162 Å². The maximum Gasteiger partial charge on any atom is 0.240 e. The fourth-order valence-corrected chi connectivity index (χ4v) is 4.50. The van der Waals surface area contributed by atoms with E-state index in [2.05, 4.69) is 14.8 Å². The van der Waals surface area contributed by atoms with E-state index in [0.29, 0.717) is 12.0 Å². The number of nitrogens with one attached hydrogen (secondary N) is 1. The summed E-state index contributed by atoms with van der Waals surface area (Å²) in [4.78, 5) is 15.9. The molecule has 0 fully saturated rings. The number of aromatic nitrogens is 3. The van der Waals surface area contributed by atoms with Crippen LogP contribution in [0.2, 0.25) is 0 Å². The Balaban J connectivity index is 1.62. The van der Waals surface area contributed by atoms with Crippen molar-refractivity contribution < 1.29 is 13.2 Å². The number of carbonyl (C=O) groups excluding carboxylic acids is 1. The SMILES string of the molecule is CC(=O)c1ccc(S(=O)(=O)NCCc2csc(-n3nc(C)cc3C)n2)cc1. The molecule has 0 aliphatic carbocycles. The summed E-state index contributed by atoms with van der Waals surface area (Å²) in [5.41, 5.74) is 3.21. The van der Waals surface area contributed by atoms with Crippen molar-refractivity contribution in [3.63, 3.8) is 0 Å². The van der Waals surface area contributed by atoms with E-state index in [1.165, 1.54) is 42.5 Å². The van der Waals surface area contributed by atoms with Crippen LogP contribution in [-0.2, 0) is 16.4 Å². The number of hydrogen-bond acceptors (Lipinski definition) is 6. The lowest BCUT2D eigenvalue weighted by Gasteiger charge is -2.06. The lowest BCUT2D eigenvalue weighted by molar-refractivity contribution is 0.101. The third kappa shape index (κ3) is 4.49. The normalized spacial score (nSPS) is 11.7. The maximum absolute atomic E-state index is 12.3. The second kappa shape index (κ2) is 7.71. The lowest BCUT2D eigenvalue weighted by Crippen LogP contribution is -2.26. The van der Waals surface area contributed by atoms with Gasteiger partial charge in [-0.05, 0) is 39.0 Å². The summed E-state index contributed by atoms with van der Waals surface area (Å²) >= 11 is 1.47. The molecule has 0 aliphatic heterocycles. The summed E-state index contributed by atoms with van der Waals surface area (Å²) in [5, 5.41) is 7.07. The van der Waals surface area contributed by atoms with Gasteiger partial charge >= 0.3 is 0 Å². The number of thiazole rings is 1. The van der Waals surface area contributed by atoms with Crippen molar-refractivity contribution in [3.05, 3.63) is 58.4 Å². The second-order valence-electron chi connectivity index (χ2n) is 6.19. The highest BCUT2D eigenvalue weighted by Gasteiger charge is 2.15. The Hall–Kier alpha value is -2.36. The summed E-state index contributed by atoms with van der Waals surface area (Å²) in [7, 11) is -3.62. The largest absolute Gasteiger partial charge is 0.295 e. The Morgan fingerprint density at radius 2 is 1.93 bits per heavy atom. The quantitative estimate of drug-likeness (QED) is 0.611. The van der Waals surface area contributed by atoms with Crippen LogP contribution in [0.3, 0.4) is 0 Å². The summed E-state index contributed by atoms with van der Waals surface area (Å²) in [6, 6.07) is 7.87. The van der Waals surface area contributed by atoms with E-state index in [9.17, 15) is 13.2 Å². The van der Waals surface area contributed by atoms with Crippen LogP contribution in [0.5, 0.6) is 0 Å². The maximum atomic E-state index is 12.3. The molecule has 0 amide bonds. The van der Waals surface area contributed by atoms with Crippen LogP contribution < -0.4 is 4.72 Å². The van der Waals surface area contributed by atoms with E-state index < -0.39 is 10.0 Å². The third-order valence-corrected chi connectivity index (χ3v) is 6.32. The van der Waals surface area contributed by atoms with Crippen LogP contribution >= 0.6 is 11.3 Å². The Morgan fingerprint density at radius 1 is 1.22 bits per heavy atom. The number of nitrogens with zero attached hydrogens (tertiary/aromatic N) is 3. The number of Topliss-reactive ketones (excluding diaryl/α,β-unsaturated/α-hetero) is 1. The molecule has 0 saturated carbocycles. The van der Waals surface area contributed by atoms with Gasteiger partial charge in [0.25, 0.3) is 0 Å². The van der Waals surface area contributed by atoms with E-state index in [4.69, 9.17) is 0 Å². The van der Waals surface area contributed by atoms with E-state index in [1.54, 1.807) is 4.68 Å². The first-order valence-corrected chi connectivity index (χ1v) is 10.7. The Bertz CT molecular complexity index is 1070. The third-order valence-electron chi connectivity index (χ3n) is 3.97. The molecule has 0 atom stereocenters. The van der Waals surface area contributed by atoms with E-state index in [1.807, 2.05) is 25.3 Å². The Kier molecular flexibility index (Phi) is 5.54. The Morgan fingerprint density at radius 3 is 2.52 bits per heavy atom. The van der Waals surface area contributed by atoms with Gasteiger partial charge in [0.05, 0.1) is 16.3 Å². The van der Waals surface area contributed by atoms with Crippen LogP contribution in [0.4, 0.5) is 0 Å². The first kappa shape index (κ1) is 19.4. The molecule has 1 aromatic carbocycles. The minimum Gasteiger partial charge on any atom is -0.295 e. The van der Waals surface area contributed by atoms with Gasteiger partial charge in [0.15, 0.2) is 5.78 Å². The van der Waals surface area contributed by atoms with Crippen molar-refractivity contribution in [1.82, 2.24) is 19.5 Å². The van der Waals surface area contributed by atoms with Crippen LogP contribution in [0.15, 0.2) is 40.6 Å². The molecule has 1 N–H and O–H groups in total. The minimum atomic E-state index is -3.62. The molecule has 142 valence electrons. The summed E-state index contributed by atoms with van der Waals surface area (Å²) < 4.78 is 29.0. The average Bonchev–Trinajstić information content (AvgIpc) is 3.20. The van der Waals surface area contributed by atoms with Crippen molar-refractivity contribution in [2.45, 2.75) is 32.1 Å². The molecule has 9 heteroatoms. The van der Waals surface area contributed by atoms with Crippen LogP contribution in [0.25, 0.3) is 5.13 Å². The van der Waals surface area contributed by atoms with Crippen molar-refractivity contribution in [1.29, 1.82) is 0 Å². The predicted octanol–water partition coefficient (Wildman–Crippen LogP) is 2.67. The number of carbonyl (C=O) groups is 1. The van der Waals surface area contributed by atoms with Gasteiger partial charge in [0.2, 0.25) is 15.2 Å². The molecule has 3 rings (SSSR count). The number of sulfonamides is 1. The molecule has 0 aliphatic rings. The predicted molar refractivity (Wildman–Crippen MR) is 104 cm³/mol. The summed E-state index contributed by atoms with van der Waals surface area (Å²) in [6.45, 7) is 5.56. The molecule has 0 bridgehead atoms. The molecule has 2 aromatic heterocycles. The average molecular weight is 405 g/mol. The summed E-state index contributed by atoms with van der Waals surface area (Å²) in [5.74, 6) is -0.103. The zero-order valence-electron chi connectivity index (χ0n) is 15.3. The first-order valence-electron chi connectivity index (χ1n) is 8.35. The van der Waals surface area contributed by atoms with E-state index >= 15 is 0 Å². The molecule has 27 heavy (non-hydrogen) atoms. The molecule has 0 unspecified atom stereocenters. The highest BCUT2D eigenvalue weighted by Crippen LogP contribution is 2.17. The van der Waals surface area contributed by atoms with Gasteiger partial charge < -0.3 is 0 Å². The number of ketones is 1. The lowest BCUT2D eigenvalue weighted by atomic mass is 10.2. The number of aryl methyl sites for hydroxylation is 2. The van der Waals surface area contributed by atoms with Crippen molar-refractivity contribution in [2.75, 3.05) is 6.54 Å². The van der Waals surface area contributed by atoms with Gasteiger partial charge in [0.1, 0.15) is 0 Å². The molecule has 0 spiro atoms. The molecule has 2 heterocycles. The van der Waals surface area contributed by atoms with Gasteiger partial charge in [0, 0.05) is 29.6 Å². The topological polar surface area (TPSA) is 94.0 Å². The van der Waals surface area contributed by atoms with Crippen molar-refractivity contribution >= 4 is 27.1 Å². The van der Waals surface area contributed by atoms with Gasteiger partial charge in [-0.2, -0.15) is 5.10 Å². The zero-order chi connectivity index (χ0) is 19.6. The molecule has 0 saturated heterocycles. The van der Waals surface area contributed by atoms with Gasteiger partial charge in [-0.25, -0.2) is 22.8 Å². The number of benzene rings is 1. The monoisotopic (exact) mass is 404 g/mol. The van der Waals surface area contributed by atoms with Crippen LogP contribution in [-0.4, -0.2) is 35.5 Å². The highest BCUT2D eigenvalue weighted by atomic mass is 32.2. The van der Waals surface area contributed by atoms with Gasteiger partial charge in [-0.1, -0.05) is 12.1 Å². The van der Waals surface area contributed by atoms with Gasteiger partial charge in [-0.15, -0.1) is 11.3 Å². The van der Waals surface area contributed by atoms with E-state index in [-0.39, 0.29) is 17.2 Å². The smallest absolute Gasteiger partial charge is 0.240 e. The standard InChI is InChI=1S/C18H20N4O3S2/c1-12-10-13(2)22(21-12)18-20-16(11-26-18)8-9-19-27(24,25)17-6-4-15(5-7-17)14(3)23/h4-7,10-11,19H,8-9H2,1-3H3. The number of hydrogen-bond donors (Lipinski definition) is 1. The molecular formula is C18H20N4O3S2. The molecule has 3 aromatic rings. The minimum absolute atomic E-state index is 0.103. The van der Waals surface area contributed by atoms with Crippen LogP contribution in [0.1, 0.15) is 34.4 Å². The first-order chi connectivity index (χ1) is 12.8. The van der Waals surface area contributed by atoms with Crippen molar-refractivity contribution in [2.24, 2.45) is 0 Å². The second-order valence-corrected chi connectivity index (χ2v) is 8.79. The van der Waals surface area contributed by atoms with Crippen LogP contribution in [0, 0.1) is 13.8 Å². The molecule has 7 nitrogen and oxygen atoms in total. The molecule has 0 radical (unpaired) electrons. The summed E-state index contributed by atoms with van der Waals surface area (Å²) in [6.07, 6.45) is 0.473. The fourth-order valence-electron chi connectivity index (χ4n) is 2.60. The van der Waals surface area contributed by atoms with Crippen molar-refractivity contribution in [3.8, 4) is 5.13 Å². The van der Waals surface area contributed by atoms with E-state index in [0.717, 1.165) is 22.2 Å². The molecular weight excluding hydrogens is 384 g/mol. The fraction of sp³-hybridized carbons (Fsp3) is 0.278. The zero-order valence-corrected chi connectivity index (χ0v) is 16.9.